The van der Waals surface area contributed by atoms with Crippen molar-refractivity contribution < 1.29 is 9.84 Å². The number of β-amino-alcohol motifs (C(OH)–C–C–N with tert-alkyl or cyclic N) is 1. The summed E-state index contributed by atoms with van der Waals surface area (Å²) < 4.78 is 5.68. The minimum absolute atomic E-state index is 0.256. The van der Waals surface area contributed by atoms with Gasteiger partial charge in [-0.1, -0.05) is 31.3 Å². The van der Waals surface area contributed by atoms with Crippen LogP contribution in [0.2, 0.25) is 0 Å². The predicted octanol–water partition coefficient (Wildman–Crippen LogP) is 1.79. The third-order valence-electron chi connectivity index (χ3n) is 3.93. The lowest BCUT2D eigenvalue weighted by atomic mass is 9.99. The van der Waals surface area contributed by atoms with Crippen LogP contribution < -0.4 is 10.5 Å². The molecule has 1 saturated heterocycles. The minimum atomic E-state index is -0.502. The first kappa shape index (κ1) is 16.2. The zero-order chi connectivity index (χ0) is 15.2. The van der Waals surface area contributed by atoms with Gasteiger partial charge in [0.2, 0.25) is 0 Å². The number of para-hydroxylation sites is 1. The van der Waals surface area contributed by atoms with Crippen molar-refractivity contribution in [3.8, 4) is 5.75 Å². The second-order valence-electron chi connectivity index (χ2n) is 5.81. The van der Waals surface area contributed by atoms with Gasteiger partial charge in [-0.3, -0.25) is 0 Å². The van der Waals surface area contributed by atoms with Crippen LogP contribution in [-0.4, -0.2) is 47.3 Å². The van der Waals surface area contributed by atoms with Gasteiger partial charge in [0.25, 0.3) is 0 Å². The van der Waals surface area contributed by atoms with Gasteiger partial charge < -0.3 is 20.5 Å². The van der Waals surface area contributed by atoms with Gasteiger partial charge in [-0.2, -0.15) is 0 Å². The van der Waals surface area contributed by atoms with Crippen LogP contribution in [0, 0.1) is 5.92 Å². The molecular weight excluding hydrogens is 284 g/mol. The Balaban J connectivity index is 1.81. The van der Waals surface area contributed by atoms with Crippen LogP contribution in [0.4, 0.5) is 0 Å². The van der Waals surface area contributed by atoms with Gasteiger partial charge in [-0.25, -0.2) is 0 Å². The van der Waals surface area contributed by atoms with Gasteiger partial charge in [0.05, 0.1) is 5.56 Å². The smallest absolute Gasteiger partial charge is 0.129 e. The molecular formula is C16H24N2O2S. The van der Waals surface area contributed by atoms with Crippen molar-refractivity contribution in [2.24, 2.45) is 11.7 Å². The van der Waals surface area contributed by atoms with E-state index < -0.39 is 6.10 Å². The molecule has 1 heterocycles. The normalized spacial score (nSPS) is 18.4. The summed E-state index contributed by atoms with van der Waals surface area (Å²) in [5.74, 6) is 1.43. The Morgan fingerprint density at radius 3 is 2.76 bits per heavy atom. The first-order valence-electron chi connectivity index (χ1n) is 7.48. The molecule has 21 heavy (non-hydrogen) atoms. The predicted molar refractivity (Wildman–Crippen MR) is 88.7 cm³/mol. The average molecular weight is 308 g/mol. The number of nitrogens with two attached hydrogens (primary N) is 1. The summed E-state index contributed by atoms with van der Waals surface area (Å²) in [5.41, 5.74) is 6.38. The number of likely N-dealkylation sites (tertiary alicyclic amines) is 1. The average Bonchev–Trinajstić information content (AvgIpc) is 2.48. The molecule has 4 nitrogen and oxygen atoms in total. The van der Waals surface area contributed by atoms with Crippen LogP contribution in [0.3, 0.4) is 0 Å². The van der Waals surface area contributed by atoms with E-state index in [9.17, 15) is 5.11 Å². The molecule has 0 saturated carbocycles. The maximum absolute atomic E-state index is 10.1. The van der Waals surface area contributed by atoms with E-state index in [2.05, 4.69) is 11.8 Å². The summed E-state index contributed by atoms with van der Waals surface area (Å²) >= 11 is 5.00. The lowest BCUT2D eigenvalue weighted by molar-refractivity contribution is 0.0562. The molecule has 1 unspecified atom stereocenters. The van der Waals surface area contributed by atoms with E-state index in [1.54, 1.807) is 0 Å². The van der Waals surface area contributed by atoms with Crippen molar-refractivity contribution in [1.82, 2.24) is 4.90 Å². The van der Waals surface area contributed by atoms with Crippen LogP contribution in [0.15, 0.2) is 24.3 Å². The summed E-state index contributed by atoms with van der Waals surface area (Å²) in [4.78, 5) is 2.61. The van der Waals surface area contributed by atoms with Crippen molar-refractivity contribution in [1.29, 1.82) is 0 Å². The van der Waals surface area contributed by atoms with Crippen molar-refractivity contribution in [3.05, 3.63) is 29.8 Å². The molecule has 1 fully saturated rings. The number of thiocarbonyl (C=S) groups is 1. The van der Waals surface area contributed by atoms with E-state index in [-0.39, 0.29) is 6.61 Å². The second kappa shape index (κ2) is 7.73. The highest BCUT2D eigenvalue weighted by Gasteiger charge is 2.18. The number of benzene rings is 1. The number of hydrogen-bond acceptors (Lipinski definition) is 4. The van der Waals surface area contributed by atoms with Gasteiger partial charge in [0.15, 0.2) is 0 Å². The number of hydrogen-bond donors (Lipinski definition) is 2. The number of rotatable bonds is 6. The highest BCUT2D eigenvalue weighted by atomic mass is 32.1. The standard InChI is InChI=1S/C16H24N2O2S/c1-12-6-8-18(9-7-12)10-13(19)11-20-15-5-3-2-4-14(15)16(17)21/h2-5,12-13,19H,6-11H2,1H3,(H2,17,21). The highest BCUT2D eigenvalue weighted by Crippen LogP contribution is 2.19. The van der Waals surface area contributed by atoms with Crippen LogP contribution in [-0.2, 0) is 0 Å². The zero-order valence-electron chi connectivity index (χ0n) is 12.5. The maximum Gasteiger partial charge on any atom is 0.129 e. The lowest BCUT2D eigenvalue weighted by Crippen LogP contribution is -2.40. The molecule has 1 aliphatic heterocycles. The summed E-state index contributed by atoms with van der Waals surface area (Å²) in [6.07, 6.45) is 1.91. The van der Waals surface area contributed by atoms with Crippen molar-refractivity contribution in [3.63, 3.8) is 0 Å². The summed E-state index contributed by atoms with van der Waals surface area (Å²) in [7, 11) is 0. The summed E-state index contributed by atoms with van der Waals surface area (Å²) in [6.45, 7) is 5.31. The van der Waals surface area contributed by atoms with E-state index in [0.717, 1.165) is 19.0 Å². The Bertz CT molecular complexity index is 473. The highest BCUT2D eigenvalue weighted by molar-refractivity contribution is 7.80. The molecule has 1 atom stereocenters. The maximum atomic E-state index is 10.1. The molecule has 0 aliphatic carbocycles. The molecule has 0 bridgehead atoms. The molecule has 0 radical (unpaired) electrons. The fourth-order valence-electron chi connectivity index (χ4n) is 2.58. The van der Waals surface area contributed by atoms with E-state index in [1.165, 1.54) is 12.8 Å². The van der Waals surface area contributed by atoms with Crippen molar-refractivity contribution in [2.75, 3.05) is 26.2 Å². The van der Waals surface area contributed by atoms with Crippen LogP contribution in [0.25, 0.3) is 0 Å². The minimum Gasteiger partial charge on any atom is -0.490 e. The Hall–Kier alpha value is -1.17. The van der Waals surface area contributed by atoms with Gasteiger partial charge in [0.1, 0.15) is 23.4 Å². The van der Waals surface area contributed by atoms with E-state index in [0.29, 0.717) is 22.8 Å². The number of ether oxygens (including phenoxy) is 1. The second-order valence-corrected chi connectivity index (χ2v) is 6.25. The van der Waals surface area contributed by atoms with Crippen LogP contribution in [0.5, 0.6) is 5.75 Å². The Morgan fingerprint density at radius 1 is 1.43 bits per heavy atom. The van der Waals surface area contributed by atoms with Crippen LogP contribution >= 0.6 is 12.2 Å². The number of aliphatic hydroxyl groups is 1. The topological polar surface area (TPSA) is 58.7 Å². The monoisotopic (exact) mass is 308 g/mol. The molecule has 3 N–H and O–H groups in total. The first-order valence-corrected chi connectivity index (χ1v) is 7.89. The molecule has 0 aromatic heterocycles. The summed E-state index contributed by atoms with van der Waals surface area (Å²) in [5, 5.41) is 10.1. The number of aliphatic hydroxyl groups excluding tert-OH is 1. The molecule has 1 aromatic rings. The lowest BCUT2D eigenvalue weighted by Gasteiger charge is -2.31. The number of piperidine rings is 1. The molecule has 1 aliphatic rings. The third kappa shape index (κ3) is 4.95. The molecule has 1 aromatic carbocycles. The zero-order valence-corrected chi connectivity index (χ0v) is 13.3. The largest absolute Gasteiger partial charge is 0.490 e. The Morgan fingerprint density at radius 2 is 2.10 bits per heavy atom. The fourth-order valence-corrected chi connectivity index (χ4v) is 2.75. The molecule has 2 rings (SSSR count). The van der Waals surface area contributed by atoms with E-state index in [1.807, 2.05) is 24.3 Å². The molecule has 116 valence electrons. The third-order valence-corrected chi connectivity index (χ3v) is 4.15. The molecule has 0 spiro atoms. The quantitative estimate of drug-likeness (QED) is 0.785. The fraction of sp³-hybridized carbons (Fsp3) is 0.562. The van der Waals surface area contributed by atoms with Crippen LogP contribution in [0.1, 0.15) is 25.3 Å². The SMILES string of the molecule is CC1CCN(CC(O)COc2ccccc2C(N)=S)CC1. The summed E-state index contributed by atoms with van der Waals surface area (Å²) in [6, 6.07) is 7.39. The first-order chi connectivity index (χ1) is 10.1. The van der Waals surface area contributed by atoms with Crippen molar-refractivity contribution in [2.45, 2.75) is 25.9 Å². The van der Waals surface area contributed by atoms with Gasteiger partial charge in [-0.15, -0.1) is 0 Å². The van der Waals surface area contributed by atoms with Gasteiger partial charge in [0, 0.05) is 6.54 Å². The Labute approximate surface area is 131 Å². The van der Waals surface area contributed by atoms with E-state index >= 15 is 0 Å². The van der Waals surface area contributed by atoms with Gasteiger partial charge in [-0.05, 0) is 44.0 Å². The molecule has 5 heteroatoms. The van der Waals surface area contributed by atoms with E-state index in [4.69, 9.17) is 22.7 Å². The van der Waals surface area contributed by atoms with Crippen molar-refractivity contribution >= 4 is 17.2 Å². The number of nitrogens with zero attached hydrogens (tertiary/aromatic N) is 1. The van der Waals surface area contributed by atoms with Gasteiger partial charge >= 0.3 is 0 Å². The molecule has 0 amide bonds. The Kier molecular flexibility index (Phi) is 5.96.